The van der Waals surface area contributed by atoms with Crippen molar-refractivity contribution in [3.8, 4) is 0 Å². The van der Waals surface area contributed by atoms with Gasteiger partial charge >= 0.3 is 0 Å². The lowest BCUT2D eigenvalue weighted by atomic mass is 9.72. The van der Waals surface area contributed by atoms with Crippen molar-refractivity contribution in [1.82, 2.24) is 10.2 Å². The second-order valence-corrected chi connectivity index (χ2v) is 5.36. The van der Waals surface area contributed by atoms with E-state index in [4.69, 9.17) is 0 Å². The number of nitrogens with zero attached hydrogens (tertiary/aromatic N) is 1. The van der Waals surface area contributed by atoms with Gasteiger partial charge in [-0.15, -0.1) is 0 Å². The predicted octanol–water partition coefficient (Wildman–Crippen LogP) is 1.79. The molecule has 0 aromatic heterocycles. The number of carbonyl (C=O) groups excluding carboxylic acids is 1. The Hall–Kier alpha value is -1.35. The van der Waals surface area contributed by atoms with E-state index >= 15 is 0 Å². The van der Waals surface area contributed by atoms with E-state index in [1.54, 1.807) is 6.92 Å². The van der Waals surface area contributed by atoms with Crippen LogP contribution in [0.5, 0.6) is 0 Å². The fraction of sp³-hybridized carbons (Fsp3) is 0.533. The van der Waals surface area contributed by atoms with Crippen molar-refractivity contribution in [1.29, 1.82) is 0 Å². The maximum absolute atomic E-state index is 11.2. The van der Waals surface area contributed by atoms with Crippen LogP contribution in [0.15, 0.2) is 30.3 Å². The normalized spacial score (nSPS) is 19.4. The molecular weight excluding hydrogens is 224 g/mol. The Kier molecular flexibility index (Phi) is 4.02. The van der Waals surface area contributed by atoms with E-state index in [0.29, 0.717) is 0 Å². The molecule has 0 spiro atoms. The van der Waals surface area contributed by atoms with Crippen molar-refractivity contribution in [2.75, 3.05) is 26.7 Å². The number of rotatable bonds is 3. The lowest BCUT2D eigenvalue weighted by Crippen LogP contribution is -2.47. The van der Waals surface area contributed by atoms with Gasteiger partial charge < -0.3 is 10.2 Å². The average Bonchev–Trinajstić information content (AvgIpc) is 2.39. The second-order valence-electron chi connectivity index (χ2n) is 5.36. The van der Waals surface area contributed by atoms with Crippen LogP contribution in [0, 0.1) is 0 Å². The smallest absolute Gasteiger partial charge is 0.216 e. The molecule has 2 rings (SSSR count). The molecule has 18 heavy (non-hydrogen) atoms. The second kappa shape index (κ2) is 5.53. The number of likely N-dealkylation sites (tertiary alicyclic amines) is 1. The Morgan fingerprint density at radius 2 is 1.89 bits per heavy atom. The number of amides is 1. The summed E-state index contributed by atoms with van der Waals surface area (Å²) in [5, 5.41) is 3.01. The Morgan fingerprint density at radius 1 is 1.28 bits per heavy atom. The summed E-state index contributed by atoms with van der Waals surface area (Å²) in [5.74, 6) is 0.0595. The highest BCUT2D eigenvalue weighted by molar-refractivity contribution is 5.73. The summed E-state index contributed by atoms with van der Waals surface area (Å²) in [7, 11) is 2.16. The van der Waals surface area contributed by atoms with Crippen LogP contribution >= 0.6 is 0 Å². The Morgan fingerprint density at radius 3 is 2.44 bits per heavy atom. The summed E-state index contributed by atoms with van der Waals surface area (Å²) in [6, 6.07) is 10.6. The van der Waals surface area contributed by atoms with E-state index in [0.717, 1.165) is 32.5 Å². The standard InChI is InChI=1S/C15H22N2O/c1-13(18)16-12-15(8-10-17(2)11-9-15)14-6-4-3-5-7-14/h3-7H,8-12H2,1-2H3,(H,16,18). The Labute approximate surface area is 109 Å². The van der Waals surface area contributed by atoms with Crippen LogP contribution in [0.1, 0.15) is 25.3 Å². The third-order valence-corrected chi connectivity index (χ3v) is 4.01. The maximum atomic E-state index is 11.2. The van der Waals surface area contributed by atoms with Gasteiger partial charge in [0.2, 0.25) is 5.91 Å². The van der Waals surface area contributed by atoms with Crippen molar-refractivity contribution in [2.45, 2.75) is 25.2 Å². The first kappa shape index (κ1) is 13.1. The highest BCUT2D eigenvalue weighted by atomic mass is 16.1. The molecule has 3 heteroatoms. The van der Waals surface area contributed by atoms with Crippen molar-refractivity contribution in [2.24, 2.45) is 0 Å². The highest BCUT2D eigenvalue weighted by Crippen LogP contribution is 2.34. The van der Waals surface area contributed by atoms with Crippen LogP contribution in [0.2, 0.25) is 0 Å². The number of carbonyl (C=O) groups is 1. The summed E-state index contributed by atoms with van der Waals surface area (Å²) in [5.41, 5.74) is 1.46. The first-order valence-electron chi connectivity index (χ1n) is 6.61. The van der Waals surface area contributed by atoms with Crippen LogP contribution in [0.4, 0.5) is 0 Å². The molecule has 1 saturated heterocycles. The van der Waals surface area contributed by atoms with Gasteiger partial charge in [0.05, 0.1) is 0 Å². The summed E-state index contributed by atoms with van der Waals surface area (Å²) in [6.07, 6.45) is 2.21. The minimum absolute atomic E-state index is 0.0595. The van der Waals surface area contributed by atoms with Gasteiger partial charge in [0, 0.05) is 18.9 Å². The topological polar surface area (TPSA) is 32.3 Å². The van der Waals surface area contributed by atoms with E-state index < -0.39 is 0 Å². The largest absolute Gasteiger partial charge is 0.355 e. The molecule has 0 aliphatic carbocycles. The molecule has 1 heterocycles. The molecule has 1 fully saturated rings. The molecule has 98 valence electrons. The highest BCUT2D eigenvalue weighted by Gasteiger charge is 2.35. The number of hydrogen-bond donors (Lipinski definition) is 1. The van der Waals surface area contributed by atoms with Crippen LogP contribution < -0.4 is 5.32 Å². The van der Waals surface area contributed by atoms with E-state index in [1.165, 1.54) is 5.56 Å². The number of piperidine rings is 1. The molecule has 1 amide bonds. The molecule has 1 N–H and O–H groups in total. The van der Waals surface area contributed by atoms with Gasteiger partial charge in [0.1, 0.15) is 0 Å². The zero-order valence-corrected chi connectivity index (χ0v) is 11.3. The van der Waals surface area contributed by atoms with Crippen LogP contribution in [0.3, 0.4) is 0 Å². The summed E-state index contributed by atoms with van der Waals surface area (Å²) in [6.45, 7) is 4.52. The minimum Gasteiger partial charge on any atom is -0.355 e. The van der Waals surface area contributed by atoms with Gasteiger partial charge in [0.15, 0.2) is 0 Å². The molecule has 0 saturated carbocycles. The molecular formula is C15H22N2O. The molecule has 3 nitrogen and oxygen atoms in total. The minimum atomic E-state index is 0.0595. The third kappa shape index (κ3) is 2.91. The predicted molar refractivity (Wildman–Crippen MR) is 73.5 cm³/mol. The molecule has 0 radical (unpaired) electrons. The zero-order valence-electron chi connectivity index (χ0n) is 11.3. The van der Waals surface area contributed by atoms with E-state index in [1.807, 2.05) is 6.07 Å². The van der Waals surface area contributed by atoms with Gasteiger partial charge in [-0.05, 0) is 38.5 Å². The summed E-state index contributed by atoms with van der Waals surface area (Å²) >= 11 is 0. The van der Waals surface area contributed by atoms with Crippen molar-refractivity contribution in [3.63, 3.8) is 0 Å². The number of benzene rings is 1. The van der Waals surface area contributed by atoms with Gasteiger partial charge in [-0.3, -0.25) is 4.79 Å². The third-order valence-electron chi connectivity index (χ3n) is 4.01. The molecule has 1 aliphatic rings. The first-order valence-corrected chi connectivity index (χ1v) is 6.61. The Bertz CT molecular complexity index is 394. The van der Waals surface area contributed by atoms with Crippen molar-refractivity contribution < 1.29 is 4.79 Å². The van der Waals surface area contributed by atoms with Crippen LogP contribution in [-0.4, -0.2) is 37.5 Å². The average molecular weight is 246 g/mol. The summed E-state index contributed by atoms with van der Waals surface area (Å²) < 4.78 is 0. The molecule has 1 aliphatic heterocycles. The quantitative estimate of drug-likeness (QED) is 0.882. The monoisotopic (exact) mass is 246 g/mol. The van der Waals surface area contributed by atoms with E-state index in [-0.39, 0.29) is 11.3 Å². The van der Waals surface area contributed by atoms with Crippen LogP contribution in [-0.2, 0) is 10.2 Å². The fourth-order valence-corrected chi connectivity index (χ4v) is 2.70. The lowest BCUT2D eigenvalue weighted by molar-refractivity contribution is -0.119. The Balaban J connectivity index is 2.20. The maximum Gasteiger partial charge on any atom is 0.216 e. The summed E-state index contributed by atoms with van der Waals surface area (Å²) in [4.78, 5) is 13.6. The first-order chi connectivity index (χ1) is 8.62. The van der Waals surface area contributed by atoms with Gasteiger partial charge in [-0.2, -0.15) is 0 Å². The fourth-order valence-electron chi connectivity index (χ4n) is 2.70. The lowest BCUT2D eigenvalue weighted by Gasteiger charge is -2.41. The molecule has 1 aromatic rings. The van der Waals surface area contributed by atoms with Gasteiger partial charge in [-0.1, -0.05) is 30.3 Å². The molecule has 0 unspecified atom stereocenters. The van der Waals surface area contributed by atoms with Crippen molar-refractivity contribution >= 4 is 5.91 Å². The zero-order chi connectivity index (χ0) is 13.0. The number of nitrogens with one attached hydrogen (secondary N) is 1. The van der Waals surface area contributed by atoms with E-state index in [9.17, 15) is 4.79 Å². The molecule has 0 bridgehead atoms. The van der Waals surface area contributed by atoms with Gasteiger partial charge in [0.25, 0.3) is 0 Å². The van der Waals surface area contributed by atoms with Crippen LogP contribution in [0.25, 0.3) is 0 Å². The molecule has 1 aromatic carbocycles. The number of hydrogen-bond acceptors (Lipinski definition) is 2. The molecule has 0 atom stereocenters. The van der Waals surface area contributed by atoms with E-state index in [2.05, 4.69) is 41.5 Å². The van der Waals surface area contributed by atoms with Crippen molar-refractivity contribution in [3.05, 3.63) is 35.9 Å². The van der Waals surface area contributed by atoms with Gasteiger partial charge in [-0.25, -0.2) is 0 Å². The SMILES string of the molecule is CC(=O)NCC1(c2ccccc2)CCN(C)CC1.